The van der Waals surface area contributed by atoms with Crippen LogP contribution in [-0.4, -0.2) is 16.6 Å². The number of aromatic nitrogens is 2. The molecule has 7 heteroatoms. The molecule has 0 aliphatic rings. The summed E-state index contributed by atoms with van der Waals surface area (Å²) in [5, 5.41) is 3.76. The summed E-state index contributed by atoms with van der Waals surface area (Å²) in [6.45, 7) is 2.84. The van der Waals surface area contributed by atoms with Gasteiger partial charge in [0, 0.05) is 16.2 Å². The van der Waals surface area contributed by atoms with Crippen LogP contribution in [-0.2, 0) is 11.3 Å². The minimum Gasteiger partial charge on any atom is -0.384 e. The number of hydrogen-bond acceptors (Lipinski definition) is 5. The molecular weight excluding hydrogens is 391 g/mol. The number of hydrogen-bond donors (Lipinski definition) is 2. The number of nitrogens with two attached hydrogens (primary N) is 1. The molecule has 2 rings (SSSR count). The minimum absolute atomic E-state index is 0.330. The molecule has 5 nitrogen and oxygen atoms in total. The van der Waals surface area contributed by atoms with E-state index in [9.17, 15) is 0 Å². The van der Waals surface area contributed by atoms with Crippen molar-refractivity contribution < 1.29 is 4.74 Å². The molecule has 1 aromatic heterocycles. The Morgan fingerprint density at radius 2 is 2.15 bits per heavy atom. The Kier molecular flexibility index (Phi) is 5.38. The second-order valence-electron chi connectivity index (χ2n) is 3.98. The molecule has 0 saturated carbocycles. The first-order valence-electron chi connectivity index (χ1n) is 6.01. The first-order valence-corrected chi connectivity index (χ1v) is 7.47. The summed E-state index contributed by atoms with van der Waals surface area (Å²) in [5.74, 6) is 1.52. The topological polar surface area (TPSA) is 73.1 Å². The molecule has 20 heavy (non-hydrogen) atoms. The second-order valence-corrected chi connectivity index (χ2v) is 5.63. The van der Waals surface area contributed by atoms with Gasteiger partial charge in [0.2, 0.25) is 0 Å². The zero-order valence-corrected chi connectivity index (χ0v) is 13.8. The smallest absolute Gasteiger partial charge is 0.158 e. The maximum atomic E-state index is 6.18. The molecule has 0 bridgehead atoms. The molecule has 3 N–H and O–H groups in total. The predicted octanol–water partition coefficient (Wildman–Crippen LogP) is 3.60. The van der Waals surface area contributed by atoms with Crippen LogP contribution in [0.15, 0.2) is 24.3 Å². The van der Waals surface area contributed by atoms with Crippen LogP contribution < -0.4 is 11.1 Å². The zero-order chi connectivity index (χ0) is 14.5. The third-order valence-electron chi connectivity index (χ3n) is 2.42. The Balaban J connectivity index is 2.21. The van der Waals surface area contributed by atoms with E-state index in [2.05, 4.69) is 37.9 Å². The van der Waals surface area contributed by atoms with Gasteiger partial charge >= 0.3 is 0 Å². The number of nitrogens with one attached hydrogen (secondary N) is 1. The van der Waals surface area contributed by atoms with Gasteiger partial charge in [0.1, 0.15) is 18.2 Å². The van der Waals surface area contributed by atoms with E-state index in [0.29, 0.717) is 35.7 Å². The van der Waals surface area contributed by atoms with Crippen LogP contribution >= 0.6 is 34.2 Å². The summed E-state index contributed by atoms with van der Waals surface area (Å²) < 4.78 is 6.35. The van der Waals surface area contributed by atoms with Crippen molar-refractivity contribution in [2.75, 3.05) is 17.7 Å². The van der Waals surface area contributed by atoms with Crippen molar-refractivity contribution in [3.05, 3.63) is 38.7 Å². The van der Waals surface area contributed by atoms with Gasteiger partial charge < -0.3 is 15.8 Å². The second kappa shape index (κ2) is 7.05. The quantitative estimate of drug-likeness (QED) is 0.745. The average molecular weight is 405 g/mol. The number of anilines is 3. The standard InChI is InChI=1S/C13H14ClIN4O/c1-2-20-7-13-18-11(16)6-12(19-13)17-10-4-3-8(15)5-9(10)14/h3-6H,2,7H2,1H3,(H3,16,17,18,19). The summed E-state index contributed by atoms with van der Waals surface area (Å²) in [6, 6.07) is 7.38. The van der Waals surface area contributed by atoms with Crippen molar-refractivity contribution in [2.45, 2.75) is 13.5 Å². The molecule has 0 spiro atoms. The largest absolute Gasteiger partial charge is 0.384 e. The highest BCUT2D eigenvalue weighted by Crippen LogP contribution is 2.26. The van der Waals surface area contributed by atoms with Gasteiger partial charge in [-0.2, -0.15) is 0 Å². The van der Waals surface area contributed by atoms with E-state index in [1.807, 2.05) is 25.1 Å². The fraction of sp³-hybridized carbons (Fsp3) is 0.231. The molecule has 0 unspecified atom stereocenters. The van der Waals surface area contributed by atoms with Crippen LogP contribution in [0.1, 0.15) is 12.7 Å². The van der Waals surface area contributed by atoms with Gasteiger partial charge in [-0.1, -0.05) is 11.6 Å². The third-order valence-corrected chi connectivity index (χ3v) is 3.41. The number of nitrogen functional groups attached to an aromatic ring is 1. The van der Waals surface area contributed by atoms with Gasteiger partial charge in [-0.05, 0) is 47.7 Å². The van der Waals surface area contributed by atoms with Gasteiger partial charge in [-0.25, -0.2) is 9.97 Å². The van der Waals surface area contributed by atoms with Crippen LogP contribution in [0.25, 0.3) is 0 Å². The average Bonchev–Trinajstić information content (AvgIpc) is 2.39. The first kappa shape index (κ1) is 15.3. The normalized spacial score (nSPS) is 10.6. The van der Waals surface area contributed by atoms with E-state index in [-0.39, 0.29) is 0 Å². The Labute approximate surface area is 136 Å². The van der Waals surface area contributed by atoms with Crippen LogP contribution in [0.2, 0.25) is 5.02 Å². The summed E-state index contributed by atoms with van der Waals surface area (Å²) in [6.07, 6.45) is 0. The van der Waals surface area contributed by atoms with Crippen LogP contribution in [0, 0.1) is 3.57 Å². The SMILES string of the molecule is CCOCc1nc(N)cc(Nc2ccc(I)cc2Cl)n1. The lowest BCUT2D eigenvalue weighted by atomic mass is 10.3. The third kappa shape index (κ3) is 4.19. The molecule has 0 aliphatic heterocycles. The summed E-state index contributed by atoms with van der Waals surface area (Å²) in [7, 11) is 0. The van der Waals surface area contributed by atoms with Crippen molar-refractivity contribution in [3.8, 4) is 0 Å². The van der Waals surface area contributed by atoms with Crippen LogP contribution in [0.5, 0.6) is 0 Å². The monoisotopic (exact) mass is 404 g/mol. The van der Waals surface area contributed by atoms with E-state index in [1.54, 1.807) is 6.07 Å². The van der Waals surface area contributed by atoms with E-state index >= 15 is 0 Å². The van der Waals surface area contributed by atoms with Crippen molar-refractivity contribution in [1.29, 1.82) is 0 Å². The molecule has 1 heterocycles. The van der Waals surface area contributed by atoms with E-state index in [1.165, 1.54) is 0 Å². The fourth-order valence-corrected chi connectivity index (χ4v) is 2.47. The Hall–Kier alpha value is -1.12. The van der Waals surface area contributed by atoms with E-state index in [0.717, 1.165) is 9.26 Å². The van der Waals surface area contributed by atoms with Crippen molar-refractivity contribution in [2.24, 2.45) is 0 Å². The fourth-order valence-electron chi connectivity index (χ4n) is 1.57. The molecule has 106 valence electrons. The van der Waals surface area contributed by atoms with E-state index < -0.39 is 0 Å². The number of nitrogens with zero attached hydrogens (tertiary/aromatic N) is 2. The lowest BCUT2D eigenvalue weighted by Crippen LogP contribution is -2.05. The Bertz CT molecular complexity index is 609. The maximum Gasteiger partial charge on any atom is 0.158 e. The van der Waals surface area contributed by atoms with Gasteiger partial charge in [0.15, 0.2) is 5.82 Å². The van der Waals surface area contributed by atoms with Gasteiger partial charge in [0.25, 0.3) is 0 Å². The van der Waals surface area contributed by atoms with Crippen molar-refractivity contribution in [3.63, 3.8) is 0 Å². The summed E-state index contributed by atoms with van der Waals surface area (Å²) in [4.78, 5) is 8.46. The van der Waals surface area contributed by atoms with Crippen LogP contribution in [0.4, 0.5) is 17.3 Å². The highest BCUT2D eigenvalue weighted by atomic mass is 127. The van der Waals surface area contributed by atoms with E-state index in [4.69, 9.17) is 22.1 Å². The number of rotatable bonds is 5. The molecule has 1 aromatic carbocycles. The van der Waals surface area contributed by atoms with Gasteiger partial charge in [0.05, 0.1) is 10.7 Å². The highest BCUT2D eigenvalue weighted by Gasteiger charge is 2.06. The maximum absolute atomic E-state index is 6.18. The highest BCUT2D eigenvalue weighted by molar-refractivity contribution is 14.1. The van der Waals surface area contributed by atoms with Gasteiger partial charge in [-0.3, -0.25) is 0 Å². The first-order chi connectivity index (χ1) is 9.58. The molecule has 0 amide bonds. The summed E-state index contributed by atoms with van der Waals surface area (Å²) >= 11 is 8.38. The van der Waals surface area contributed by atoms with Crippen molar-refractivity contribution >= 4 is 51.5 Å². The molecule has 0 fully saturated rings. The molecule has 2 aromatic rings. The lowest BCUT2D eigenvalue weighted by molar-refractivity contribution is 0.128. The minimum atomic E-state index is 0.330. The number of halogens is 2. The zero-order valence-electron chi connectivity index (χ0n) is 10.9. The molecule has 0 atom stereocenters. The lowest BCUT2D eigenvalue weighted by Gasteiger charge is -2.10. The molecule has 0 saturated heterocycles. The molecule has 0 aliphatic carbocycles. The Morgan fingerprint density at radius 3 is 2.85 bits per heavy atom. The van der Waals surface area contributed by atoms with Crippen molar-refractivity contribution in [1.82, 2.24) is 9.97 Å². The molecular formula is C13H14ClIN4O. The molecule has 0 radical (unpaired) electrons. The number of benzene rings is 1. The van der Waals surface area contributed by atoms with Crippen LogP contribution in [0.3, 0.4) is 0 Å². The predicted molar refractivity (Wildman–Crippen MR) is 89.2 cm³/mol. The summed E-state index contributed by atoms with van der Waals surface area (Å²) in [5.41, 5.74) is 6.54. The Morgan fingerprint density at radius 1 is 1.35 bits per heavy atom. The van der Waals surface area contributed by atoms with Gasteiger partial charge in [-0.15, -0.1) is 0 Å². The number of ether oxygens (including phenoxy) is 1.